The van der Waals surface area contributed by atoms with Crippen molar-refractivity contribution >= 4 is 15.9 Å². The molecule has 6 nitrogen and oxygen atoms in total. The lowest BCUT2D eigenvalue weighted by Gasteiger charge is -2.07. The molecule has 18 heavy (non-hydrogen) atoms. The number of carbonyl (C=O) groups is 1. The maximum atomic E-state index is 12.0. The van der Waals surface area contributed by atoms with E-state index in [9.17, 15) is 13.2 Å². The highest BCUT2D eigenvalue weighted by Crippen LogP contribution is 2.19. The molecule has 1 aromatic heterocycles. The first kappa shape index (κ1) is 13.1. The molecule has 0 bridgehead atoms. The molecule has 0 saturated heterocycles. The summed E-state index contributed by atoms with van der Waals surface area (Å²) in [4.78, 5) is 15.6. The summed E-state index contributed by atoms with van der Waals surface area (Å²) in [5, 5.41) is 0.0971. The molecular formula is C11H17N3O3S. The Bertz CT molecular complexity index is 548. The number of carbonyl (C=O) groups excluding carboxylic acids is 1. The molecule has 1 amide bonds. The predicted octanol–water partition coefficient (Wildman–Crippen LogP) is 0.824. The van der Waals surface area contributed by atoms with Gasteiger partial charge in [0.1, 0.15) is 5.82 Å². The lowest BCUT2D eigenvalue weighted by atomic mass is 10.2. The van der Waals surface area contributed by atoms with Gasteiger partial charge in [-0.3, -0.25) is 4.79 Å². The highest BCUT2D eigenvalue weighted by atomic mass is 32.2. The maximum Gasteiger partial charge on any atom is 0.281 e. The fourth-order valence-electron chi connectivity index (χ4n) is 2.04. The summed E-state index contributed by atoms with van der Waals surface area (Å²) in [6.07, 6.45) is 4.79. The van der Waals surface area contributed by atoms with Crippen molar-refractivity contribution < 1.29 is 13.2 Å². The number of aryl methyl sites for hydroxylation is 1. The van der Waals surface area contributed by atoms with Crippen LogP contribution in [0.1, 0.15) is 38.4 Å². The predicted molar refractivity (Wildman–Crippen MR) is 65.4 cm³/mol. The number of hydrogen-bond donors (Lipinski definition) is 1. The molecule has 0 radical (unpaired) electrons. The van der Waals surface area contributed by atoms with Crippen LogP contribution >= 0.6 is 0 Å². The molecular weight excluding hydrogens is 254 g/mol. The van der Waals surface area contributed by atoms with Crippen LogP contribution < -0.4 is 4.72 Å². The van der Waals surface area contributed by atoms with Crippen LogP contribution in [0.25, 0.3) is 0 Å². The second kappa shape index (κ2) is 5.09. The van der Waals surface area contributed by atoms with Crippen molar-refractivity contribution in [2.45, 2.75) is 50.6 Å². The molecule has 0 fully saturated rings. The van der Waals surface area contributed by atoms with Gasteiger partial charge in [-0.2, -0.15) is 8.42 Å². The molecule has 1 aromatic rings. The molecule has 1 N–H and O–H groups in total. The molecule has 2 rings (SSSR count). The Morgan fingerprint density at radius 2 is 2.33 bits per heavy atom. The molecule has 0 saturated carbocycles. The van der Waals surface area contributed by atoms with Gasteiger partial charge in [-0.15, -0.1) is 0 Å². The van der Waals surface area contributed by atoms with Gasteiger partial charge in [0.25, 0.3) is 10.0 Å². The number of nitrogens with one attached hydrogen (secondary N) is 1. The zero-order valence-electron chi connectivity index (χ0n) is 10.3. The fourth-order valence-corrected chi connectivity index (χ4v) is 3.22. The molecule has 0 atom stereocenters. The van der Waals surface area contributed by atoms with Gasteiger partial charge in [0.05, 0.1) is 6.20 Å². The quantitative estimate of drug-likeness (QED) is 0.860. The Kier molecular flexibility index (Phi) is 3.70. The zero-order chi connectivity index (χ0) is 13.2. The van der Waals surface area contributed by atoms with Gasteiger partial charge in [0, 0.05) is 19.4 Å². The summed E-state index contributed by atoms with van der Waals surface area (Å²) in [7, 11) is -3.77. The summed E-state index contributed by atoms with van der Waals surface area (Å²) in [6.45, 7) is 2.60. The summed E-state index contributed by atoms with van der Waals surface area (Å²) in [5.41, 5.74) is 0. The van der Waals surface area contributed by atoms with Gasteiger partial charge in [-0.25, -0.2) is 9.71 Å². The number of aromatic nitrogens is 2. The number of fused-ring (bicyclic) bond motifs is 1. The topological polar surface area (TPSA) is 81.1 Å². The number of imidazole rings is 1. The lowest BCUT2D eigenvalue weighted by Crippen LogP contribution is -2.31. The van der Waals surface area contributed by atoms with E-state index in [0.717, 1.165) is 25.1 Å². The van der Waals surface area contributed by atoms with Gasteiger partial charge in [-0.1, -0.05) is 13.3 Å². The smallest absolute Gasteiger partial charge is 0.281 e. The van der Waals surface area contributed by atoms with Crippen LogP contribution in [0.3, 0.4) is 0 Å². The van der Waals surface area contributed by atoms with E-state index in [1.165, 1.54) is 6.20 Å². The van der Waals surface area contributed by atoms with E-state index < -0.39 is 15.9 Å². The molecule has 0 aromatic carbocycles. The number of unbranched alkanes of at least 4 members (excludes halogenated alkanes) is 1. The van der Waals surface area contributed by atoms with E-state index in [1.807, 2.05) is 6.92 Å². The normalized spacial score (nSPS) is 14.5. The minimum Gasteiger partial charge on any atom is -0.318 e. The third kappa shape index (κ3) is 2.55. The molecule has 100 valence electrons. The minimum atomic E-state index is -3.77. The third-order valence-electron chi connectivity index (χ3n) is 2.96. The first-order chi connectivity index (χ1) is 8.54. The molecule has 1 aliphatic rings. The van der Waals surface area contributed by atoms with Crippen LogP contribution in [-0.4, -0.2) is 23.9 Å². The molecule has 0 unspecified atom stereocenters. The SMILES string of the molecule is CCCCC(=O)NS(=O)(=O)c1cnc2n1CCC2. The second-order valence-corrected chi connectivity index (χ2v) is 6.03. The lowest BCUT2D eigenvalue weighted by molar-refractivity contribution is -0.119. The van der Waals surface area contributed by atoms with E-state index in [-0.39, 0.29) is 11.4 Å². The summed E-state index contributed by atoms with van der Waals surface area (Å²) in [5.74, 6) is 0.321. The standard InChI is InChI=1S/C11H17N3O3S/c1-2-3-6-10(15)13-18(16,17)11-8-12-9-5-4-7-14(9)11/h8H,2-7H2,1H3,(H,13,15). The van der Waals surface area contributed by atoms with E-state index in [0.29, 0.717) is 13.0 Å². The number of hydrogen-bond acceptors (Lipinski definition) is 4. The van der Waals surface area contributed by atoms with E-state index >= 15 is 0 Å². The minimum absolute atomic E-state index is 0.0971. The summed E-state index contributed by atoms with van der Waals surface area (Å²) < 4.78 is 27.8. The Labute approximate surface area is 106 Å². The second-order valence-electron chi connectivity index (χ2n) is 4.40. The van der Waals surface area contributed by atoms with Crippen molar-refractivity contribution in [2.75, 3.05) is 0 Å². The Morgan fingerprint density at radius 3 is 3.06 bits per heavy atom. The van der Waals surface area contributed by atoms with Gasteiger partial charge < -0.3 is 4.57 Å². The van der Waals surface area contributed by atoms with Crippen LogP contribution in [0.2, 0.25) is 0 Å². The molecule has 1 aliphatic heterocycles. The Balaban J connectivity index is 2.13. The Hall–Kier alpha value is -1.37. The average molecular weight is 271 g/mol. The molecule has 2 heterocycles. The number of sulfonamides is 1. The maximum absolute atomic E-state index is 12.0. The highest BCUT2D eigenvalue weighted by molar-refractivity contribution is 7.90. The molecule has 0 spiro atoms. The van der Waals surface area contributed by atoms with E-state index in [4.69, 9.17) is 0 Å². The largest absolute Gasteiger partial charge is 0.318 e. The first-order valence-electron chi connectivity index (χ1n) is 6.14. The van der Waals surface area contributed by atoms with Crippen LogP contribution in [0, 0.1) is 0 Å². The number of nitrogens with zero attached hydrogens (tertiary/aromatic N) is 2. The third-order valence-corrected chi connectivity index (χ3v) is 4.34. The highest BCUT2D eigenvalue weighted by Gasteiger charge is 2.26. The van der Waals surface area contributed by atoms with Crippen molar-refractivity contribution in [1.29, 1.82) is 0 Å². The van der Waals surface area contributed by atoms with Crippen molar-refractivity contribution in [3.63, 3.8) is 0 Å². The van der Waals surface area contributed by atoms with E-state index in [2.05, 4.69) is 9.71 Å². The first-order valence-corrected chi connectivity index (χ1v) is 7.63. The zero-order valence-corrected chi connectivity index (χ0v) is 11.2. The fraction of sp³-hybridized carbons (Fsp3) is 0.636. The molecule has 0 aliphatic carbocycles. The van der Waals surface area contributed by atoms with Crippen molar-refractivity contribution in [1.82, 2.24) is 14.3 Å². The van der Waals surface area contributed by atoms with Crippen molar-refractivity contribution in [3.05, 3.63) is 12.0 Å². The van der Waals surface area contributed by atoms with Crippen molar-refractivity contribution in [3.8, 4) is 0 Å². The monoisotopic (exact) mass is 271 g/mol. The van der Waals surface area contributed by atoms with Gasteiger partial charge in [0.2, 0.25) is 5.91 Å². The van der Waals surface area contributed by atoms with Crippen LogP contribution in [0.5, 0.6) is 0 Å². The number of rotatable bonds is 5. The average Bonchev–Trinajstić information content (AvgIpc) is 2.86. The molecule has 7 heteroatoms. The Morgan fingerprint density at radius 1 is 1.56 bits per heavy atom. The van der Waals surface area contributed by atoms with Gasteiger partial charge in [-0.05, 0) is 12.8 Å². The van der Waals surface area contributed by atoms with Gasteiger partial charge >= 0.3 is 0 Å². The summed E-state index contributed by atoms with van der Waals surface area (Å²) >= 11 is 0. The van der Waals surface area contributed by atoms with Crippen LogP contribution in [0.4, 0.5) is 0 Å². The van der Waals surface area contributed by atoms with Crippen molar-refractivity contribution in [2.24, 2.45) is 0 Å². The van der Waals surface area contributed by atoms with Gasteiger partial charge in [0.15, 0.2) is 5.03 Å². The van der Waals surface area contributed by atoms with Crippen LogP contribution in [-0.2, 0) is 27.8 Å². The van der Waals surface area contributed by atoms with E-state index in [1.54, 1.807) is 4.57 Å². The summed E-state index contributed by atoms with van der Waals surface area (Å²) in [6, 6.07) is 0. The van der Waals surface area contributed by atoms with Crippen LogP contribution in [0.15, 0.2) is 11.2 Å². The number of amides is 1.